The van der Waals surface area contributed by atoms with Crippen molar-refractivity contribution in [3.63, 3.8) is 0 Å². The first kappa shape index (κ1) is 16.5. The van der Waals surface area contributed by atoms with E-state index in [0.717, 1.165) is 31.5 Å². The Kier molecular flexibility index (Phi) is 5.55. The van der Waals surface area contributed by atoms with Crippen LogP contribution in [0.5, 0.6) is 0 Å². The topological polar surface area (TPSA) is 58.6 Å². The molecule has 2 rings (SSSR count). The SMILES string of the molecule is CCOC(=O)c1ccc(C)c(NC(=O)C2CCCN(C)C2)c1. The molecule has 1 unspecified atom stereocenters. The molecular formula is C17H24N2O3. The Labute approximate surface area is 131 Å². The Hall–Kier alpha value is -1.88. The molecule has 0 aliphatic carbocycles. The van der Waals surface area contributed by atoms with Crippen molar-refractivity contribution in [3.05, 3.63) is 29.3 Å². The fraction of sp³-hybridized carbons (Fsp3) is 0.529. The maximum absolute atomic E-state index is 12.4. The summed E-state index contributed by atoms with van der Waals surface area (Å²) in [4.78, 5) is 26.4. The van der Waals surface area contributed by atoms with Gasteiger partial charge < -0.3 is 15.0 Å². The summed E-state index contributed by atoms with van der Waals surface area (Å²) < 4.78 is 5.00. The van der Waals surface area contributed by atoms with E-state index in [2.05, 4.69) is 10.2 Å². The number of nitrogens with one attached hydrogen (secondary N) is 1. The summed E-state index contributed by atoms with van der Waals surface area (Å²) >= 11 is 0. The monoisotopic (exact) mass is 304 g/mol. The largest absolute Gasteiger partial charge is 0.462 e. The number of aryl methyl sites for hydroxylation is 1. The predicted molar refractivity (Wildman–Crippen MR) is 86.0 cm³/mol. The van der Waals surface area contributed by atoms with Crippen molar-refractivity contribution in [2.45, 2.75) is 26.7 Å². The Bertz CT molecular complexity index is 557. The maximum atomic E-state index is 12.4. The highest BCUT2D eigenvalue weighted by Gasteiger charge is 2.24. The molecule has 0 radical (unpaired) electrons. The standard InChI is InChI=1S/C17H24N2O3/c1-4-22-17(21)13-8-7-12(2)15(10-13)18-16(20)14-6-5-9-19(3)11-14/h7-8,10,14H,4-6,9,11H2,1-3H3,(H,18,20). The minimum atomic E-state index is -0.365. The number of anilines is 1. The maximum Gasteiger partial charge on any atom is 0.338 e. The smallest absolute Gasteiger partial charge is 0.338 e. The van der Waals surface area contributed by atoms with Gasteiger partial charge in [-0.3, -0.25) is 4.79 Å². The van der Waals surface area contributed by atoms with Crippen LogP contribution in [-0.2, 0) is 9.53 Å². The number of ether oxygens (including phenoxy) is 1. The lowest BCUT2D eigenvalue weighted by molar-refractivity contribution is -0.121. The van der Waals surface area contributed by atoms with E-state index in [-0.39, 0.29) is 17.8 Å². The summed E-state index contributed by atoms with van der Waals surface area (Å²) in [6, 6.07) is 5.24. The third-order valence-electron chi connectivity index (χ3n) is 4.00. The first-order chi connectivity index (χ1) is 10.5. The van der Waals surface area contributed by atoms with Crippen LogP contribution in [0.2, 0.25) is 0 Å². The molecule has 1 aliphatic rings. The van der Waals surface area contributed by atoms with Crippen molar-refractivity contribution in [3.8, 4) is 0 Å². The highest BCUT2D eigenvalue weighted by Crippen LogP contribution is 2.21. The lowest BCUT2D eigenvalue weighted by atomic mass is 9.97. The van der Waals surface area contributed by atoms with Crippen LogP contribution in [0.3, 0.4) is 0 Å². The number of carbonyl (C=O) groups is 2. The highest BCUT2D eigenvalue weighted by molar-refractivity contribution is 5.96. The van der Waals surface area contributed by atoms with E-state index < -0.39 is 0 Å². The second kappa shape index (κ2) is 7.40. The summed E-state index contributed by atoms with van der Waals surface area (Å²) in [6.45, 7) is 5.85. The number of rotatable bonds is 4. The van der Waals surface area contributed by atoms with Crippen molar-refractivity contribution in [2.75, 3.05) is 32.1 Å². The molecule has 5 heteroatoms. The molecule has 5 nitrogen and oxygen atoms in total. The number of amides is 1. The molecule has 1 aromatic carbocycles. The summed E-state index contributed by atoms with van der Waals surface area (Å²) in [5.41, 5.74) is 2.08. The van der Waals surface area contributed by atoms with Crippen LogP contribution in [0.25, 0.3) is 0 Å². The average molecular weight is 304 g/mol. The molecule has 1 amide bonds. The van der Waals surface area contributed by atoms with E-state index in [4.69, 9.17) is 4.74 Å². The van der Waals surface area contributed by atoms with Gasteiger partial charge in [-0.1, -0.05) is 6.07 Å². The van der Waals surface area contributed by atoms with Gasteiger partial charge >= 0.3 is 5.97 Å². The fourth-order valence-electron chi connectivity index (χ4n) is 2.71. The van der Waals surface area contributed by atoms with Crippen molar-refractivity contribution in [1.82, 2.24) is 4.90 Å². The van der Waals surface area contributed by atoms with Crippen molar-refractivity contribution in [2.24, 2.45) is 5.92 Å². The molecule has 1 fully saturated rings. The highest BCUT2D eigenvalue weighted by atomic mass is 16.5. The number of nitrogens with zero attached hydrogens (tertiary/aromatic N) is 1. The number of benzene rings is 1. The number of likely N-dealkylation sites (tertiary alicyclic amines) is 1. The van der Waals surface area contributed by atoms with Crippen LogP contribution < -0.4 is 5.32 Å². The quantitative estimate of drug-likeness (QED) is 0.868. The van der Waals surface area contributed by atoms with Gasteiger partial charge in [-0.05, 0) is 58.0 Å². The molecule has 22 heavy (non-hydrogen) atoms. The minimum Gasteiger partial charge on any atom is -0.462 e. The van der Waals surface area contributed by atoms with Gasteiger partial charge in [0.15, 0.2) is 0 Å². The number of hydrogen-bond donors (Lipinski definition) is 1. The van der Waals surface area contributed by atoms with Gasteiger partial charge in [0.2, 0.25) is 5.91 Å². The number of piperidine rings is 1. The van der Waals surface area contributed by atoms with Crippen LogP contribution in [0, 0.1) is 12.8 Å². The Morgan fingerprint density at radius 3 is 2.86 bits per heavy atom. The second-order valence-corrected chi connectivity index (χ2v) is 5.84. The van der Waals surface area contributed by atoms with E-state index in [1.54, 1.807) is 19.1 Å². The molecule has 1 heterocycles. The molecule has 0 bridgehead atoms. The third kappa shape index (κ3) is 4.07. The lowest BCUT2D eigenvalue weighted by Gasteiger charge is -2.28. The van der Waals surface area contributed by atoms with Gasteiger partial charge in [-0.15, -0.1) is 0 Å². The zero-order chi connectivity index (χ0) is 16.1. The summed E-state index contributed by atoms with van der Waals surface area (Å²) in [5, 5.41) is 2.96. The van der Waals surface area contributed by atoms with Crippen LogP contribution >= 0.6 is 0 Å². The van der Waals surface area contributed by atoms with E-state index >= 15 is 0 Å². The predicted octanol–water partition coefficient (Wildman–Crippen LogP) is 2.45. The zero-order valence-corrected chi connectivity index (χ0v) is 13.5. The molecule has 0 aromatic heterocycles. The molecule has 0 spiro atoms. The molecule has 1 N–H and O–H groups in total. The fourth-order valence-corrected chi connectivity index (χ4v) is 2.71. The first-order valence-electron chi connectivity index (χ1n) is 7.78. The summed E-state index contributed by atoms with van der Waals surface area (Å²) in [7, 11) is 2.03. The van der Waals surface area contributed by atoms with Crippen LogP contribution in [-0.4, -0.2) is 43.5 Å². The average Bonchev–Trinajstić information content (AvgIpc) is 2.49. The van der Waals surface area contributed by atoms with Crippen molar-refractivity contribution >= 4 is 17.6 Å². The Balaban J connectivity index is 2.09. The normalized spacial score (nSPS) is 18.8. The lowest BCUT2D eigenvalue weighted by Crippen LogP contribution is -2.38. The van der Waals surface area contributed by atoms with Crippen LogP contribution in [0.15, 0.2) is 18.2 Å². The number of esters is 1. The van der Waals surface area contributed by atoms with Gasteiger partial charge in [-0.2, -0.15) is 0 Å². The molecular weight excluding hydrogens is 280 g/mol. The van der Waals surface area contributed by atoms with Crippen molar-refractivity contribution in [1.29, 1.82) is 0 Å². The molecule has 120 valence electrons. The van der Waals surface area contributed by atoms with Gasteiger partial charge in [-0.25, -0.2) is 4.79 Å². The van der Waals surface area contributed by atoms with Crippen molar-refractivity contribution < 1.29 is 14.3 Å². The van der Waals surface area contributed by atoms with Gasteiger partial charge in [0.1, 0.15) is 0 Å². The van der Waals surface area contributed by atoms with Gasteiger partial charge in [0.05, 0.1) is 18.1 Å². The van der Waals surface area contributed by atoms with Crippen LogP contribution in [0.4, 0.5) is 5.69 Å². The Morgan fingerprint density at radius 1 is 1.41 bits per heavy atom. The Morgan fingerprint density at radius 2 is 2.18 bits per heavy atom. The van der Waals surface area contributed by atoms with E-state index in [0.29, 0.717) is 17.9 Å². The minimum absolute atomic E-state index is 0.00407. The van der Waals surface area contributed by atoms with E-state index in [9.17, 15) is 9.59 Å². The molecule has 0 saturated carbocycles. The molecule has 1 aromatic rings. The number of hydrogen-bond acceptors (Lipinski definition) is 4. The second-order valence-electron chi connectivity index (χ2n) is 5.84. The van der Waals surface area contributed by atoms with E-state index in [1.807, 2.05) is 20.0 Å². The zero-order valence-electron chi connectivity index (χ0n) is 13.5. The summed E-state index contributed by atoms with van der Waals surface area (Å²) in [5.74, 6) is -0.338. The molecule has 1 saturated heterocycles. The summed E-state index contributed by atoms with van der Waals surface area (Å²) in [6.07, 6.45) is 1.95. The van der Waals surface area contributed by atoms with Crippen LogP contribution in [0.1, 0.15) is 35.7 Å². The van der Waals surface area contributed by atoms with Gasteiger partial charge in [0.25, 0.3) is 0 Å². The third-order valence-corrected chi connectivity index (χ3v) is 4.00. The van der Waals surface area contributed by atoms with E-state index in [1.165, 1.54) is 0 Å². The first-order valence-corrected chi connectivity index (χ1v) is 7.78. The number of carbonyl (C=O) groups excluding carboxylic acids is 2. The van der Waals surface area contributed by atoms with Gasteiger partial charge in [0, 0.05) is 12.2 Å². The molecule has 1 aliphatic heterocycles. The molecule has 1 atom stereocenters.